The summed E-state index contributed by atoms with van der Waals surface area (Å²) in [7, 11) is 0. The highest BCUT2D eigenvalue weighted by molar-refractivity contribution is 5.92. The summed E-state index contributed by atoms with van der Waals surface area (Å²) in [5.41, 5.74) is 1.95. The molecule has 2 fully saturated rings. The molecule has 0 saturated carbocycles. The van der Waals surface area contributed by atoms with E-state index in [-0.39, 0.29) is 17.8 Å². The molecule has 7 nitrogen and oxygen atoms in total. The lowest BCUT2D eigenvalue weighted by atomic mass is 9.97. The quantitative estimate of drug-likeness (QED) is 0.764. The molecular formula is C20H29N3O4. The Morgan fingerprint density at radius 2 is 1.78 bits per heavy atom. The minimum Gasteiger partial charge on any atom is -0.466 e. The average molecular weight is 375 g/mol. The van der Waals surface area contributed by atoms with Crippen molar-refractivity contribution < 1.29 is 19.1 Å². The first-order valence-corrected chi connectivity index (χ1v) is 9.77. The summed E-state index contributed by atoms with van der Waals surface area (Å²) in [4.78, 5) is 28.5. The number of nitrogens with zero attached hydrogens (tertiary/aromatic N) is 2. The average Bonchev–Trinajstić information content (AvgIpc) is 2.70. The fraction of sp³-hybridized carbons (Fsp3) is 0.600. The molecule has 0 unspecified atom stereocenters. The number of carbonyl (C=O) groups excluding carboxylic acids is 2. The lowest BCUT2D eigenvalue weighted by molar-refractivity contribution is -0.149. The van der Waals surface area contributed by atoms with Crippen molar-refractivity contribution in [2.45, 2.75) is 19.8 Å². The summed E-state index contributed by atoms with van der Waals surface area (Å²) in [5.74, 6) is -0.164. The Morgan fingerprint density at radius 1 is 1.11 bits per heavy atom. The monoisotopic (exact) mass is 375 g/mol. The number of hydrogen-bond donors (Lipinski definition) is 1. The second-order valence-electron chi connectivity index (χ2n) is 7.00. The number of morpholine rings is 1. The predicted molar refractivity (Wildman–Crippen MR) is 104 cm³/mol. The van der Waals surface area contributed by atoms with Gasteiger partial charge in [0.1, 0.15) is 0 Å². The van der Waals surface area contributed by atoms with Crippen molar-refractivity contribution in [1.82, 2.24) is 4.90 Å². The van der Waals surface area contributed by atoms with Crippen LogP contribution in [-0.4, -0.2) is 69.3 Å². The first-order chi connectivity index (χ1) is 13.2. The lowest BCUT2D eigenvalue weighted by Gasteiger charge is -2.30. The molecule has 1 aromatic carbocycles. The van der Waals surface area contributed by atoms with Crippen LogP contribution in [0.1, 0.15) is 19.8 Å². The van der Waals surface area contributed by atoms with Crippen LogP contribution in [0, 0.1) is 5.92 Å². The minimum absolute atomic E-state index is 0.0243. The highest BCUT2D eigenvalue weighted by Crippen LogP contribution is 2.20. The molecule has 2 aliphatic heterocycles. The van der Waals surface area contributed by atoms with Crippen molar-refractivity contribution in [2.24, 2.45) is 5.92 Å². The molecule has 1 N–H and O–H groups in total. The topological polar surface area (TPSA) is 71.1 Å². The molecule has 2 saturated heterocycles. The maximum Gasteiger partial charge on any atom is 0.309 e. The number of carbonyl (C=O) groups is 2. The Labute approximate surface area is 160 Å². The number of ether oxygens (including phenoxy) is 2. The number of hydrogen-bond acceptors (Lipinski definition) is 6. The Bertz CT molecular complexity index is 621. The zero-order chi connectivity index (χ0) is 19.1. The van der Waals surface area contributed by atoms with Crippen molar-refractivity contribution in [3.8, 4) is 0 Å². The number of rotatable bonds is 6. The van der Waals surface area contributed by atoms with E-state index in [4.69, 9.17) is 9.47 Å². The van der Waals surface area contributed by atoms with Crippen LogP contribution < -0.4 is 10.2 Å². The second-order valence-corrected chi connectivity index (χ2v) is 7.00. The van der Waals surface area contributed by atoms with Crippen LogP contribution in [-0.2, 0) is 19.1 Å². The molecule has 0 aliphatic carbocycles. The summed E-state index contributed by atoms with van der Waals surface area (Å²) in [5, 5.41) is 2.96. The molecule has 0 bridgehead atoms. The largest absolute Gasteiger partial charge is 0.466 e. The van der Waals surface area contributed by atoms with Crippen molar-refractivity contribution in [3.05, 3.63) is 24.3 Å². The number of esters is 1. The first-order valence-electron chi connectivity index (χ1n) is 9.77. The summed E-state index contributed by atoms with van der Waals surface area (Å²) >= 11 is 0. The normalized spacial score (nSPS) is 18.9. The molecule has 7 heteroatoms. The zero-order valence-corrected chi connectivity index (χ0v) is 16.0. The van der Waals surface area contributed by atoms with Gasteiger partial charge in [0.15, 0.2) is 0 Å². The van der Waals surface area contributed by atoms with Gasteiger partial charge in [0, 0.05) is 24.5 Å². The van der Waals surface area contributed by atoms with Crippen LogP contribution in [0.15, 0.2) is 24.3 Å². The zero-order valence-electron chi connectivity index (χ0n) is 16.0. The standard InChI is InChI=1S/C20H29N3O4/c1-2-27-20(25)16-7-9-22(10-8-16)15-19(24)21-17-3-5-18(6-4-17)23-11-13-26-14-12-23/h3-6,16H,2,7-15H2,1H3,(H,21,24). The fourth-order valence-electron chi connectivity index (χ4n) is 3.57. The van der Waals surface area contributed by atoms with Gasteiger partial charge in [-0.15, -0.1) is 0 Å². The van der Waals surface area contributed by atoms with Crippen molar-refractivity contribution in [2.75, 3.05) is 62.8 Å². The van der Waals surface area contributed by atoms with Crippen molar-refractivity contribution in [1.29, 1.82) is 0 Å². The Balaban J connectivity index is 1.42. The van der Waals surface area contributed by atoms with E-state index in [0.717, 1.165) is 63.6 Å². The van der Waals surface area contributed by atoms with Gasteiger partial charge in [0.05, 0.1) is 32.3 Å². The summed E-state index contributed by atoms with van der Waals surface area (Å²) < 4.78 is 10.5. The SMILES string of the molecule is CCOC(=O)C1CCN(CC(=O)Nc2ccc(N3CCOCC3)cc2)CC1. The Kier molecular flexibility index (Phi) is 7.06. The van der Waals surface area contributed by atoms with Crippen LogP contribution in [0.5, 0.6) is 0 Å². The van der Waals surface area contributed by atoms with E-state index >= 15 is 0 Å². The van der Waals surface area contributed by atoms with Crippen LogP contribution in [0.4, 0.5) is 11.4 Å². The molecule has 2 aliphatic rings. The second kappa shape index (κ2) is 9.71. The molecule has 27 heavy (non-hydrogen) atoms. The van der Waals surface area contributed by atoms with E-state index in [2.05, 4.69) is 15.1 Å². The van der Waals surface area contributed by atoms with E-state index in [0.29, 0.717) is 13.2 Å². The molecule has 0 aromatic heterocycles. The third-order valence-electron chi connectivity index (χ3n) is 5.10. The van der Waals surface area contributed by atoms with Gasteiger partial charge >= 0.3 is 5.97 Å². The van der Waals surface area contributed by atoms with Crippen molar-refractivity contribution >= 4 is 23.3 Å². The van der Waals surface area contributed by atoms with Gasteiger partial charge in [-0.05, 0) is 57.1 Å². The summed E-state index contributed by atoms with van der Waals surface area (Å²) in [6.45, 7) is 7.38. The van der Waals surface area contributed by atoms with E-state index in [1.807, 2.05) is 31.2 Å². The van der Waals surface area contributed by atoms with Gasteiger partial charge < -0.3 is 19.7 Å². The molecule has 1 amide bonds. The number of nitrogens with one attached hydrogen (secondary N) is 1. The van der Waals surface area contributed by atoms with Crippen LogP contribution in [0.2, 0.25) is 0 Å². The number of anilines is 2. The number of benzene rings is 1. The molecule has 3 rings (SSSR count). The molecule has 148 valence electrons. The van der Waals surface area contributed by atoms with Gasteiger partial charge in [-0.3, -0.25) is 14.5 Å². The van der Waals surface area contributed by atoms with Crippen LogP contribution in [0.25, 0.3) is 0 Å². The third-order valence-corrected chi connectivity index (χ3v) is 5.10. The van der Waals surface area contributed by atoms with E-state index in [1.165, 1.54) is 0 Å². The molecular weight excluding hydrogens is 346 g/mol. The van der Waals surface area contributed by atoms with Crippen molar-refractivity contribution in [3.63, 3.8) is 0 Å². The van der Waals surface area contributed by atoms with Gasteiger partial charge in [-0.1, -0.05) is 0 Å². The smallest absolute Gasteiger partial charge is 0.309 e. The highest BCUT2D eigenvalue weighted by atomic mass is 16.5. The predicted octanol–water partition coefficient (Wildman–Crippen LogP) is 1.74. The molecule has 0 atom stereocenters. The van der Waals surface area contributed by atoms with Gasteiger partial charge in [-0.2, -0.15) is 0 Å². The summed E-state index contributed by atoms with van der Waals surface area (Å²) in [6, 6.07) is 7.95. The van der Waals surface area contributed by atoms with Crippen LogP contribution >= 0.6 is 0 Å². The molecule has 0 spiro atoms. The van der Waals surface area contributed by atoms with Gasteiger partial charge in [-0.25, -0.2) is 0 Å². The number of amides is 1. The maximum absolute atomic E-state index is 12.3. The first kappa shape index (κ1) is 19.6. The maximum atomic E-state index is 12.3. The highest BCUT2D eigenvalue weighted by Gasteiger charge is 2.26. The van der Waals surface area contributed by atoms with Gasteiger partial charge in [0.25, 0.3) is 0 Å². The molecule has 2 heterocycles. The minimum atomic E-state index is -0.109. The van der Waals surface area contributed by atoms with E-state index in [9.17, 15) is 9.59 Å². The third kappa shape index (κ3) is 5.68. The number of likely N-dealkylation sites (tertiary alicyclic amines) is 1. The Hall–Kier alpha value is -2.12. The molecule has 0 radical (unpaired) electrons. The molecule has 1 aromatic rings. The van der Waals surface area contributed by atoms with E-state index < -0.39 is 0 Å². The summed E-state index contributed by atoms with van der Waals surface area (Å²) in [6.07, 6.45) is 1.50. The van der Waals surface area contributed by atoms with Crippen LogP contribution in [0.3, 0.4) is 0 Å². The van der Waals surface area contributed by atoms with E-state index in [1.54, 1.807) is 0 Å². The lowest BCUT2D eigenvalue weighted by Crippen LogP contribution is -2.41. The Morgan fingerprint density at radius 3 is 2.41 bits per heavy atom. The number of piperidine rings is 1. The van der Waals surface area contributed by atoms with Gasteiger partial charge in [0.2, 0.25) is 5.91 Å². The fourth-order valence-corrected chi connectivity index (χ4v) is 3.57.